The van der Waals surface area contributed by atoms with Crippen molar-refractivity contribution in [3.05, 3.63) is 205 Å². The van der Waals surface area contributed by atoms with Crippen LogP contribution in [0.1, 0.15) is 11.1 Å². The van der Waals surface area contributed by atoms with Gasteiger partial charge in [-0.3, -0.25) is 4.99 Å². The molecule has 4 nitrogen and oxygen atoms in total. The summed E-state index contributed by atoms with van der Waals surface area (Å²) in [6, 6.07) is 67.7. The van der Waals surface area contributed by atoms with Crippen molar-refractivity contribution in [2.24, 2.45) is 4.99 Å². The van der Waals surface area contributed by atoms with Crippen LogP contribution in [0.3, 0.4) is 0 Å². The van der Waals surface area contributed by atoms with Gasteiger partial charge in [0.05, 0.1) is 11.4 Å². The van der Waals surface area contributed by atoms with Gasteiger partial charge in [-0.05, 0) is 67.4 Å². The molecule has 0 amide bonds. The molecule has 0 bridgehead atoms. The maximum Gasteiger partial charge on any atom is 0.164 e. The van der Waals surface area contributed by atoms with Crippen molar-refractivity contribution in [1.29, 1.82) is 0 Å². The third kappa shape index (κ3) is 6.10. The standard InChI is InChI=1S/C51H34N4/c1-4-16-34(17-5-1)40-25-10-11-26-41(40)38-23-14-24-39(32-38)50-53-49(37-20-8-3-9-21-37)54-51(55-50)44-28-13-12-27-42(44)43-29-15-22-36-30-31-46-45(48(36)43)33-47(52-46)35-18-6-2-7-19-35/h1-32H,33H2. The highest BCUT2D eigenvalue weighted by molar-refractivity contribution is 6.13. The Labute approximate surface area is 320 Å². The second kappa shape index (κ2) is 13.9. The molecule has 1 aromatic heterocycles. The monoisotopic (exact) mass is 702 g/mol. The summed E-state index contributed by atoms with van der Waals surface area (Å²) >= 11 is 0. The highest BCUT2D eigenvalue weighted by Crippen LogP contribution is 2.43. The summed E-state index contributed by atoms with van der Waals surface area (Å²) in [5, 5.41) is 2.40. The Hall–Kier alpha value is -7.30. The Balaban J connectivity index is 1.12. The second-order valence-corrected chi connectivity index (χ2v) is 13.8. The predicted octanol–water partition coefficient (Wildman–Crippen LogP) is 12.7. The SMILES string of the molecule is c1ccc(C2=Nc3ccc4cccc(-c5ccccc5-c5nc(-c6ccccc6)nc(-c6cccc(-c7ccccc7-c7ccccc7)c6)n5)c4c3C2)cc1. The summed E-state index contributed by atoms with van der Waals surface area (Å²) in [6.07, 6.45) is 0.771. The highest BCUT2D eigenvalue weighted by Gasteiger charge is 2.23. The molecular weight excluding hydrogens is 669 g/mol. The lowest BCUT2D eigenvalue weighted by atomic mass is 9.90. The lowest BCUT2D eigenvalue weighted by Gasteiger charge is -2.16. The number of rotatable bonds is 7. The Morgan fingerprint density at radius 1 is 0.327 bits per heavy atom. The van der Waals surface area contributed by atoms with Gasteiger partial charge in [0, 0.05) is 23.1 Å². The number of hydrogen-bond acceptors (Lipinski definition) is 4. The maximum absolute atomic E-state index is 5.26. The lowest BCUT2D eigenvalue weighted by Crippen LogP contribution is -2.02. The van der Waals surface area contributed by atoms with E-state index in [1.807, 2.05) is 24.3 Å². The summed E-state index contributed by atoms with van der Waals surface area (Å²) < 4.78 is 0. The molecule has 1 aliphatic rings. The van der Waals surface area contributed by atoms with Gasteiger partial charge in [0.2, 0.25) is 0 Å². The highest BCUT2D eigenvalue weighted by atomic mass is 15.0. The van der Waals surface area contributed by atoms with E-state index in [9.17, 15) is 0 Å². The van der Waals surface area contributed by atoms with Crippen LogP contribution in [0.5, 0.6) is 0 Å². The molecule has 0 radical (unpaired) electrons. The molecule has 258 valence electrons. The summed E-state index contributed by atoms with van der Waals surface area (Å²) in [4.78, 5) is 20.7. The van der Waals surface area contributed by atoms with Crippen molar-refractivity contribution in [2.75, 3.05) is 0 Å². The van der Waals surface area contributed by atoms with Crippen LogP contribution >= 0.6 is 0 Å². The second-order valence-electron chi connectivity index (χ2n) is 13.8. The van der Waals surface area contributed by atoms with E-state index >= 15 is 0 Å². The first-order chi connectivity index (χ1) is 27.3. The maximum atomic E-state index is 5.26. The molecule has 0 N–H and O–H groups in total. The first-order valence-corrected chi connectivity index (χ1v) is 18.6. The average molecular weight is 703 g/mol. The van der Waals surface area contributed by atoms with E-state index in [2.05, 4.69) is 170 Å². The average Bonchev–Trinajstić information content (AvgIpc) is 3.72. The van der Waals surface area contributed by atoms with E-state index in [0.29, 0.717) is 17.5 Å². The fraction of sp³-hybridized carbons (Fsp3) is 0.0196. The number of fused-ring (bicyclic) bond motifs is 3. The Bertz CT molecular complexity index is 2880. The van der Waals surface area contributed by atoms with Crippen molar-refractivity contribution in [2.45, 2.75) is 6.42 Å². The minimum Gasteiger partial charge on any atom is -0.252 e. The summed E-state index contributed by atoms with van der Waals surface area (Å²) in [5.74, 6) is 1.88. The Morgan fingerprint density at radius 3 is 1.56 bits per heavy atom. The van der Waals surface area contributed by atoms with Gasteiger partial charge in [0.1, 0.15) is 0 Å². The van der Waals surface area contributed by atoms with Crippen molar-refractivity contribution < 1.29 is 0 Å². The zero-order valence-electron chi connectivity index (χ0n) is 30.0. The predicted molar refractivity (Wildman–Crippen MR) is 226 cm³/mol. The molecule has 55 heavy (non-hydrogen) atoms. The van der Waals surface area contributed by atoms with E-state index in [4.69, 9.17) is 19.9 Å². The first-order valence-electron chi connectivity index (χ1n) is 18.6. The fourth-order valence-corrected chi connectivity index (χ4v) is 7.79. The third-order valence-corrected chi connectivity index (χ3v) is 10.4. The third-order valence-electron chi connectivity index (χ3n) is 10.4. The van der Waals surface area contributed by atoms with Gasteiger partial charge in [-0.1, -0.05) is 182 Å². The van der Waals surface area contributed by atoms with E-state index in [1.165, 1.54) is 27.5 Å². The van der Waals surface area contributed by atoms with E-state index in [-0.39, 0.29) is 0 Å². The van der Waals surface area contributed by atoms with Gasteiger partial charge in [0.25, 0.3) is 0 Å². The molecule has 0 unspecified atom stereocenters. The Morgan fingerprint density at radius 2 is 0.836 bits per heavy atom. The topological polar surface area (TPSA) is 51.0 Å². The number of hydrogen-bond donors (Lipinski definition) is 0. The molecule has 1 aliphatic heterocycles. The van der Waals surface area contributed by atoms with Crippen molar-refractivity contribution >= 4 is 22.2 Å². The molecule has 8 aromatic carbocycles. The van der Waals surface area contributed by atoms with Crippen molar-refractivity contribution in [3.63, 3.8) is 0 Å². The molecular formula is C51H34N4. The van der Waals surface area contributed by atoms with E-state index in [0.717, 1.165) is 62.3 Å². The van der Waals surface area contributed by atoms with Gasteiger partial charge in [0.15, 0.2) is 17.5 Å². The zero-order chi connectivity index (χ0) is 36.6. The van der Waals surface area contributed by atoms with Crippen LogP contribution in [-0.2, 0) is 6.42 Å². The van der Waals surface area contributed by atoms with Crippen LogP contribution in [0.2, 0.25) is 0 Å². The molecule has 2 heterocycles. The van der Waals surface area contributed by atoms with Gasteiger partial charge in [-0.25, -0.2) is 15.0 Å². The van der Waals surface area contributed by atoms with Crippen molar-refractivity contribution in [1.82, 2.24) is 15.0 Å². The van der Waals surface area contributed by atoms with Crippen LogP contribution in [0.25, 0.3) is 78.3 Å². The van der Waals surface area contributed by atoms with Crippen molar-refractivity contribution in [3.8, 4) is 67.5 Å². The molecule has 9 aromatic rings. The van der Waals surface area contributed by atoms with Crippen LogP contribution in [-0.4, -0.2) is 20.7 Å². The fourth-order valence-electron chi connectivity index (χ4n) is 7.79. The number of nitrogens with zero attached hydrogens (tertiary/aromatic N) is 4. The van der Waals surface area contributed by atoms with Gasteiger partial charge in [-0.2, -0.15) is 0 Å². The molecule has 0 saturated carbocycles. The Kier molecular flexibility index (Phi) is 8.19. The smallest absolute Gasteiger partial charge is 0.164 e. The zero-order valence-corrected chi connectivity index (χ0v) is 30.0. The number of aromatic nitrogens is 3. The summed E-state index contributed by atoms with van der Waals surface area (Å²) in [6.45, 7) is 0. The minimum absolute atomic E-state index is 0.623. The van der Waals surface area contributed by atoms with E-state index < -0.39 is 0 Å². The van der Waals surface area contributed by atoms with Crippen LogP contribution in [0.15, 0.2) is 199 Å². The minimum atomic E-state index is 0.623. The largest absolute Gasteiger partial charge is 0.252 e. The van der Waals surface area contributed by atoms with Crippen LogP contribution in [0, 0.1) is 0 Å². The van der Waals surface area contributed by atoms with E-state index in [1.54, 1.807) is 0 Å². The molecule has 0 atom stereocenters. The number of benzene rings is 8. The summed E-state index contributed by atoms with van der Waals surface area (Å²) in [7, 11) is 0. The number of aliphatic imine (C=N–C) groups is 1. The quantitative estimate of drug-likeness (QED) is 0.166. The normalized spacial score (nSPS) is 12.0. The molecule has 0 aliphatic carbocycles. The van der Waals surface area contributed by atoms with Gasteiger partial charge >= 0.3 is 0 Å². The van der Waals surface area contributed by atoms with Crippen LogP contribution in [0.4, 0.5) is 5.69 Å². The molecule has 0 spiro atoms. The molecule has 0 fully saturated rings. The van der Waals surface area contributed by atoms with Crippen LogP contribution < -0.4 is 0 Å². The van der Waals surface area contributed by atoms with Gasteiger partial charge in [-0.15, -0.1) is 0 Å². The first kappa shape index (κ1) is 32.4. The van der Waals surface area contributed by atoms with Gasteiger partial charge < -0.3 is 0 Å². The molecule has 0 saturated heterocycles. The lowest BCUT2D eigenvalue weighted by molar-refractivity contribution is 1.07. The molecule has 4 heteroatoms. The molecule has 10 rings (SSSR count). The summed E-state index contributed by atoms with van der Waals surface area (Å²) in [5.41, 5.74) is 14.1.